The summed E-state index contributed by atoms with van der Waals surface area (Å²) >= 11 is 0. The number of aliphatic hydroxyl groups is 3. The third-order valence-electron chi connectivity index (χ3n) is 2.88. The molecule has 0 bridgehead atoms. The Balaban J connectivity index is 2.30. The molecule has 1 aliphatic heterocycles. The van der Waals surface area contributed by atoms with E-state index in [9.17, 15) is 15.0 Å². The van der Waals surface area contributed by atoms with Gasteiger partial charge < -0.3 is 25.4 Å². The van der Waals surface area contributed by atoms with Crippen molar-refractivity contribution in [1.82, 2.24) is 9.55 Å². The third-order valence-corrected chi connectivity index (χ3v) is 2.88. The molecule has 2 rings (SSSR count). The van der Waals surface area contributed by atoms with Crippen LogP contribution in [0.25, 0.3) is 0 Å². The summed E-state index contributed by atoms with van der Waals surface area (Å²) in [5, 5.41) is 31.0. The zero-order valence-corrected chi connectivity index (χ0v) is 9.72. The SMILES string of the molecule is CNc1ccn([C@H]2O[C@@H](CO)[C@@H](O)[C@@H]2O)c(=O)n1. The zero-order valence-electron chi connectivity index (χ0n) is 9.72. The van der Waals surface area contributed by atoms with Gasteiger partial charge in [-0.1, -0.05) is 0 Å². The van der Waals surface area contributed by atoms with Crippen molar-refractivity contribution >= 4 is 5.82 Å². The second-order valence-electron chi connectivity index (χ2n) is 3.98. The maximum absolute atomic E-state index is 11.7. The molecule has 8 heteroatoms. The minimum Gasteiger partial charge on any atom is -0.394 e. The molecule has 1 fully saturated rings. The average Bonchev–Trinajstić information content (AvgIpc) is 2.66. The molecule has 0 spiro atoms. The van der Waals surface area contributed by atoms with Crippen LogP contribution in [-0.4, -0.2) is 56.8 Å². The fourth-order valence-corrected chi connectivity index (χ4v) is 1.86. The van der Waals surface area contributed by atoms with Crippen LogP contribution in [0.1, 0.15) is 6.23 Å². The van der Waals surface area contributed by atoms with Gasteiger partial charge in [0.25, 0.3) is 0 Å². The van der Waals surface area contributed by atoms with Gasteiger partial charge in [0.15, 0.2) is 6.23 Å². The fraction of sp³-hybridized carbons (Fsp3) is 0.600. The minimum absolute atomic E-state index is 0.392. The summed E-state index contributed by atoms with van der Waals surface area (Å²) in [7, 11) is 1.62. The van der Waals surface area contributed by atoms with E-state index in [1.165, 1.54) is 12.3 Å². The van der Waals surface area contributed by atoms with E-state index in [1.54, 1.807) is 7.05 Å². The Kier molecular flexibility index (Phi) is 3.62. The quantitative estimate of drug-likeness (QED) is 0.490. The van der Waals surface area contributed by atoms with Crippen LogP contribution in [0, 0.1) is 0 Å². The highest BCUT2D eigenvalue weighted by Gasteiger charge is 2.43. The predicted molar refractivity (Wildman–Crippen MR) is 61.1 cm³/mol. The minimum atomic E-state index is -1.29. The second kappa shape index (κ2) is 5.02. The van der Waals surface area contributed by atoms with Crippen molar-refractivity contribution in [3.63, 3.8) is 0 Å². The van der Waals surface area contributed by atoms with Gasteiger partial charge >= 0.3 is 5.69 Å². The van der Waals surface area contributed by atoms with Gasteiger partial charge in [0, 0.05) is 13.2 Å². The average molecular weight is 257 g/mol. The Bertz CT molecular complexity index is 477. The molecule has 0 unspecified atom stereocenters. The Morgan fingerprint density at radius 1 is 1.50 bits per heavy atom. The first-order valence-electron chi connectivity index (χ1n) is 5.48. The first-order chi connectivity index (χ1) is 8.58. The molecular weight excluding hydrogens is 242 g/mol. The van der Waals surface area contributed by atoms with Crippen molar-refractivity contribution in [1.29, 1.82) is 0 Å². The smallest absolute Gasteiger partial charge is 0.351 e. The largest absolute Gasteiger partial charge is 0.394 e. The lowest BCUT2D eigenvalue weighted by atomic mass is 10.1. The fourth-order valence-electron chi connectivity index (χ4n) is 1.86. The number of rotatable bonds is 3. The molecule has 1 saturated heterocycles. The Morgan fingerprint density at radius 3 is 2.72 bits per heavy atom. The number of ether oxygens (including phenoxy) is 1. The standard InChI is InChI=1S/C10H15N3O5/c1-11-6-2-3-13(10(17)12-6)9-8(16)7(15)5(4-14)18-9/h2-3,5,7-9,14-16H,4H2,1H3,(H,11,12,17)/t5-,7+,8-,9-/m0/s1. The number of hydrogen-bond donors (Lipinski definition) is 4. The molecule has 0 saturated carbocycles. The highest BCUT2D eigenvalue weighted by molar-refractivity contribution is 5.30. The number of hydrogen-bond acceptors (Lipinski definition) is 7. The number of anilines is 1. The molecule has 0 aliphatic carbocycles. The van der Waals surface area contributed by atoms with Crippen LogP contribution in [0.15, 0.2) is 17.1 Å². The molecule has 1 aromatic heterocycles. The monoisotopic (exact) mass is 257 g/mol. The van der Waals surface area contributed by atoms with E-state index in [-0.39, 0.29) is 0 Å². The van der Waals surface area contributed by atoms with Gasteiger partial charge in [-0.15, -0.1) is 0 Å². The van der Waals surface area contributed by atoms with Gasteiger partial charge in [-0.2, -0.15) is 4.98 Å². The topological polar surface area (TPSA) is 117 Å². The summed E-state index contributed by atoms with van der Waals surface area (Å²) in [5.74, 6) is 0.392. The predicted octanol–water partition coefficient (Wildman–Crippen LogP) is -2.10. The van der Waals surface area contributed by atoms with Gasteiger partial charge in [0.05, 0.1) is 6.61 Å². The van der Waals surface area contributed by atoms with Crippen LogP contribution in [0.4, 0.5) is 5.82 Å². The summed E-state index contributed by atoms with van der Waals surface area (Å²) in [6.45, 7) is -0.439. The van der Waals surface area contributed by atoms with Crippen molar-refractivity contribution in [2.75, 3.05) is 19.0 Å². The first-order valence-corrected chi connectivity index (χ1v) is 5.48. The molecule has 0 radical (unpaired) electrons. The molecule has 4 atom stereocenters. The highest BCUT2D eigenvalue weighted by Crippen LogP contribution is 2.27. The molecule has 8 nitrogen and oxygen atoms in total. The lowest BCUT2D eigenvalue weighted by Gasteiger charge is -2.17. The second-order valence-corrected chi connectivity index (χ2v) is 3.98. The number of aromatic nitrogens is 2. The number of nitrogens with one attached hydrogen (secondary N) is 1. The van der Waals surface area contributed by atoms with E-state index in [0.29, 0.717) is 5.82 Å². The van der Waals surface area contributed by atoms with Crippen molar-refractivity contribution in [2.24, 2.45) is 0 Å². The summed E-state index contributed by atoms with van der Waals surface area (Å²) in [6, 6.07) is 1.54. The van der Waals surface area contributed by atoms with Crippen LogP contribution in [-0.2, 0) is 4.74 Å². The van der Waals surface area contributed by atoms with E-state index in [0.717, 1.165) is 4.57 Å². The van der Waals surface area contributed by atoms with Crippen LogP contribution in [0.2, 0.25) is 0 Å². The van der Waals surface area contributed by atoms with Gasteiger partial charge in [0.2, 0.25) is 0 Å². The maximum atomic E-state index is 11.7. The van der Waals surface area contributed by atoms with Crippen LogP contribution in [0.3, 0.4) is 0 Å². The van der Waals surface area contributed by atoms with Crippen LogP contribution >= 0.6 is 0 Å². The van der Waals surface area contributed by atoms with E-state index in [1.807, 2.05) is 0 Å². The molecule has 4 N–H and O–H groups in total. The molecule has 18 heavy (non-hydrogen) atoms. The van der Waals surface area contributed by atoms with Crippen molar-refractivity contribution in [2.45, 2.75) is 24.5 Å². The van der Waals surface area contributed by atoms with Crippen molar-refractivity contribution < 1.29 is 20.1 Å². The van der Waals surface area contributed by atoms with Gasteiger partial charge in [-0.25, -0.2) is 4.79 Å². The molecule has 100 valence electrons. The lowest BCUT2D eigenvalue weighted by Crippen LogP contribution is -2.36. The summed E-state index contributed by atoms with van der Waals surface area (Å²) in [5.41, 5.74) is -0.614. The summed E-state index contributed by atoms with van der Waals surface area (Å²) in [4.78, 5) is 15.4. The zero-order chi connectivity index (χ0) is 13.3. The molecule has 1 aliphatic rings. The summed E-state index contributed by atoms with van der Waals surface area (Å²) in [6.07, 6.45) is -3.09. The Hall–Kier alpha value is -1.48. The van der Waals surface area contributed by atoms with Gasteiger partial charge in [-0.3, -0.25) is 4.57 Å². The molecule has 2 heterocycles. The summed E-state index contributed by atoms with van der Waals surface area (Å²) < 4.78 is 6.30. The van der Waals surface area contributed by atoms with Gasteiger partial charge in [-0.05, 0) is 6.07 Å². The number of nitrogens with zero attached hydrogens (tertiary/aromatic N) is 2. The highest BCUT2D eigenvalue weighted by atomic mass is 16.6. The Labute approximate surface area is 102 Å². The first kappa shape index (κ1) is 13.0. The maximum Gasteiger partial charge on any atom is 0.351 e. The van der Waals surface area contributed by atoms with E-state index in [2.05, 4.69) is 10.3 Å². The third kappa shape index (κ3) is 2.10. The van der Waals surface area contributed by atoms with Gasteiger partial charge in [0.1, 0.15) is 24.1 Å². The van der Waals surface area contributed by atoms with Crippen molar-refractivity contribution in [3.8, 4) is 0 Å². The van der Waals surface area contributed by atoms with E-state index < -0.39 is 36.8 Å². The molecule has 1 aromatic rings. The molecular formula is C10H15N3O5. The van der Waals surface area contributed by atoms with E-state index >= 15 is 0 Å². The normalized spacial score (nSPS) is 31.6. The van der Waals surface area contributed by atoms with Crippen LogP contribution in [0.5, 0.6) is 0 Å². The van der Waals surface area contributed by atoms with Crippen molar-refractivity contribution in [3.05, 3.63) is 22.7 Å². The molecule has 0 aromatic carbocycles. The number of aliphatic hydroxyl groups excluding tert-OH is 3. The Morgan fingerprint density at radius 2 is 2.22 bits per heavy atom. The van der Waals surface area contributed by atoms with E-state index in [4.69, 9.17) is 9.84 Å². The lowest BCUT2D eigenvalue weighted by molar-refractivity contribution is -0.0549. The van der Waals surface area contributed by atoms with Crippen LogP contribution < -0.4 is 11.0 Å². The molecule has 0 amide bonds.